The van der Waals surface area contributed by atoms with Gasteiger partial charge in [0.15, 0.2) is 0 Å². The van der Waals surface area contributed by atoms with E-state index in [4.69, 9.17) is 0 Å². The quantitative estimate of drug-likeness (QED) is 0.490. The van der Waals surface area contributed by atoms with Gasteiger partial charge in [-0.15, -0.1) is 48.0 Å². The van der Waals surface area contributed by atoms with Gasteiger partial charge in [0, 0.05) is 25.8 Å². The average molecular weight is 435 g/mol. The Labute approximate surface area is 138 Å². The Balaban J connectivity index is 0. The molecule has 0 aromatic rings. The van der Waals surface area contributed by atoms with Crippen LogP contribution in [0.3, 0.4) is 0 Å². The van der Waals surface area contributed by atoms with E-state index in [1.165, 1.54) is 0 Å². The SMILES string of the molecule is I.I.[CsH].[Sc]. The monoisotopic (exact) mass is 435 g/mol. The molecular formula is H3CsI2Sc. The van der Waals surface area contributed by atoms with E-state index in [-0.39, 0.29) is 143 Å². The number of halogens is 2. The van der Waals surface area contributed by atoms with Crippen LogP contribution in [-0.4, -0.2) is 68.9 Å². The third kappa shape index (κ3) is 9.63. The smallest absolute Gasteiger partial charge is 0 e. The van der Waals surface area contributed by atoms with Crippen molar-refractivity contribution in [3.8, 4) is 0 Å². The maximum absolute atomic E-state index is 0. The van der Waals surface area contributed by atoms with Crippen molar-refractivity contribution >= 4 is 117 Å². The molecule has 0 spiro atoms. The van der Waals surface area contributed by atoms with Gasteiger partial charge in [0.2, 0.25) is 0 Å². The molecule has 0 heterocycles. The predicted octanol–water partition coefficient (Wildman–Crippen LogP) is 0.585. The summed E-state index contributed by atoms with van der Waals surface area (Å²) in [6.45, 7) is 0. The van der Waals surface area contributed by atoms with Crippen LogP contribution in [0.4, 0.5) is 0 Å². The fraction of sp³-hybridized carbons (Fsp3) is 0. The third-order valence-electron chi connectivity index (χ3n) is 0. The van der Waals surface area contributed by atoms with Crippen LogP contribution in [0.15, 0.2) is 0 Å². The summed E-state index contributed by atoms with van der Waals surface area (Å²) in [6, 6.07) is 0. The Morgan fingerprint density at radius 1 is 0.750 bits per heavy atom. The molecule has 0 unspecified atom stereocenters. The second kappa shape index (κ2) is 15.7. The van der Waals surface area contributed by atoms with Gasteiger partial charge >= 0.3 is 68.9 Å². The van der Waals surface area contributed by atoms with Crippen molar-refractivity contribution in [1.29, 1.82) is 0 Å². The zero-order chi connectivity index (χ0) is 0. The van der Waals surface area contributed by atoms with Crippen molar-refractivity contribution in [2.75, 3.05) is 0 Å². The minimum atomic E-state index is 0. The minimum absolute atomic E-state index is 0. The maximum Gasteiger partial charge on any atom is 0 e. The topological polar surface area (TPSA) is 0 Å². The molecule has 0 amide bonds. The summed E-state index contributed by atoms with van der Waals surface area (Å²) in [5.74, 6) is 0. The summed E-state index contributed by atoms with van der Waals surface area (Å²) >= 11 is 0. The normalized spacial score (nSPS) is 0. The number of hydrogen-bond donors (Lipinski definition) is 0. The molecule has 0 aliphatic rings. The van der Waals surface area contributed by atoms with Crippen LogP contribution in [0.2, 0.25) is 0 Å². The maximum atomic E-state index is 0. The Hall–Kier alpha value is 4.38. The number of rotatable bonds is 0. The Morgan fingerprint density at radius 3 is 0.750 bits per heavy atom. The molecule has 0 nitrogen and oxygen atoms in total. The van der Waals surface area contributed by atoms with Crippen LogP contribution in [0, 0.1) is 0 Å². The molecule has 0 rings (SSSR count). The zero-order valence-corrected chi connectivity index (χ0v) is 7.86. The van der Waals surface area contributed by atoms with Crippen molar-refractivity contribution in [2.24, 2.45) is 0 Å². The molecule has 0 bridgehead atoms. The minimum Gasteiger partial charge on any atom is 0 e. The Bertz CT molecular complexity index is 6.00. The van der Waals surface area contributed by atoms with Gasteiger partial charge in [-0.25, -0.2) is 0 Å². The van der Waals surface area contributed by atoms with Gasteiger partial charge in [-0.05, 0) is 0 Å². The van der Waals surface area contributed by atoms with E-state index in [1.54, 1.807) is 0 Å². The van der Waals surface area contributed by atoms with Crippen molar-refractivity contribution in [2.45, 2.75) is 0 Å². The van der Waals surface area contributed by atoms with Crippen LogP contribution >= 0.6 is 48.0 Å². The third-order valence-corrected chi connectivity index (χ3v) is 0. The molecule has 4 heteroatoms. The van der Waals surface area contributed by atoms with E-state index in [1.807, 2.05) is 0 Å². The fourth-order valence-corrected chi connectivity index (χ4v) is 0. The van der Waals surface area contributed by atoms with Crippen LogP contribution in [0.25, 0.3) is 0 Å². The summed E-state index contributed by atoms with van der Waals surface area (Å²) < 4.78 is 0. The molecule has 0 N–H and O–H groups in total. The van der Waals surface area contributed by atoms with Gasteiger partial charge in [0.1, 0.15) is 0 Å². The molecule has 0 saturated heterocycles. The Morgan fingerprint density at radius 2 is 0.750 bits per heavy atom. The van der Waals surface area contributed by atoms with Gasteiger partial charge in [-0.2, -0.15) is 0 Å². The van der Waals surface area contributed by atoms with Gasteiger partial charge in [0.05, 0.1) is 0 Å². The molecule has 1 radical (unpaired) electrons. The van der Waals surface area contributed by atoms with Crippen LogP contribution in [0.1, 0.15) is 0 Å². The fourth-order valence-electron chi connectivity index (χ4n) is 0. The van der Waals surface area contributed by atoms with Crippen molar-refractivity contribution < 1.29 is 25.8 Å². The van der Waals surface area contributed by atoms with Crippen LogP contribution in [-0.2, 0) is 25.8 Å². The van der Waals surface area contributed by atoms with E-state index < -0.39 is 0 Å². The summed E-state index contributed by atoms with van der Waals surface area (Å²) in [6.07, 6.45) is 0. The van der Waals surface area contributed by atoms with Crippen LogP contribution < -0.4 is 0 Å². The van der Waals surface area contributed by atoms with E-state index in [0.717, 1.165) is 0 Å². The largest absolute Gasteiger partial charge is 0 e. The first kappa shape index (κ1) is 23.8. The van der Waals surface area contributed by atoms with Crippen LogP contribution in [0.5, 0.6) is 0 Å². The van der Waals surface area contributed by atoms with E-state index in [2.05, 4.69) is 0 Å². The molecular weight excluding hydrogens is 432 g/mol. The zero-order valence-electron chi connectivity index (χ0n) is 1.39. The summed E-state index contributed by atoms with van der Waals surface area (Å²) in [4.78, 5) is 0. The molecule has 0 aromatic carbocycles. The first-order valence-corrected chi connectivity index (χ1v) is 0. The van der Waals surface area contributed by atoms with Gasteiger partial charge in [-0.1, -0.05) is 0 Å². The average Bonchev–Trinajstić information content (AvgIpc) is 0. The van der Waals surface area contributed by atoms with Crippen molar-refractivity contribution in [3.63, 3.8) is 0 Å². The molecule has 21 valence electrons. The van der Waals surface area contributed by atoms with E-state index in [0.29, 0.717) is 0 Å². The molecule has 0 fully saturated rings. The second-order valence-corrected chi connectivity index (χ2v) is 0. The second-order valence-electron chi connectivity index (χ2n) is 0. The van der Waals surface area contributed by atoms with Gasteiger partial charge in [0.25, 0.3) is 0 Å². The van der Waals surface area contributed by atoms with Gasteiger partial charge < -0.3 is 0 Å². The summed E-state index contributed by atoms with van der Waals surface area (Å²) in [5, 5.41) is 0. The molecule has 0 aliphatic carbocycles. The van der Waals surface area contributed by atoms with Crippen molar-refractivity contribution in [1.82, 2.24) is 0 Å². The first-order chi connectivity index (χ1) is 0. The van der Waals surface area contributed by atoms with Gasteiger partial charge in [-0.3, -0.25) is 0 Å². The molecule has 0 aliphatic heterocycles. The first-order valence-electron chi connectivity index (χ1n) is 0. The molecule has 4 heavy (non-hydrogen) atoms. The standard InChI is InChI=1S/Cs.2HI.Sc.H/h;2*1H;;. The molecule has 0 aromatic heterocycles. The van der Waals surface area contributed by atoms with Crippen molar-refractivity contribution in [3.05, 3.63) is 0 Å². The molecule has 0 saturated carbocycles. The number of hydrogen-bond acceptors (Lipinski definition) is 0. The van der Waals surface area contributed by atoms with E-state index in [9.17, 15) is 0 Å². The Kier molecular flexibility index (Phi) is 93.1. The predicted molar refractivity (Wildman–Crippen MR) is 38.0 cm³/mol. The summed E-state index contributed by atoms with van der Waals surface area (Å²) in [5.41, 5.74) is 0. The summed E-state index contributed by atoms with van der Waals surface area (Å²) in [7, 11) is 0. The molecule has 0 atom stereocenters. The van der Waals surface area contributed by atoms with E-state index >= 15 is 0 Å².